The Bertz CT molecular complexity index is 813. The molecule has 2 aromatic rings. The largest absolute Gasteiger partial charge is 0.497 e. The average Bonchev–Trinajstić information content (AvgIpc) is 2.61. The van der Waals surface area contributed by atoms with Gasteiger partial charge in [0.2, 0.25) is 5.91 Å². The standard InChI is InChI=1S/C18H21NO4S/c1-4-24(21,22)17-8-6-5-7-16(17)19-18(20)13(2)14-9-11-15(23-3)12-10-14/h5-13H,4H2,1-3H3,(H,19,20). The molecule has 0 heterocycles. The van der Waals surface area contributed by atoms with Gasteiger partial charge in [0.25, 0.3) is 0 Å². The summed E-state index contributed by atoms with van der Waals surface area (Å²) in [7, 11) is -1.83. The smallest absolute Gasteiger partial charge is 0.231 e. The Balaban J connectivity index is 2.23. The molecule has 128 valence electrons. The summed E-state index contributed by atoms with van der Waals surface area (Å²) in [5.41, 5.74) is 1.13. The Morgan fingerprint density at radius 1 is 1.12 bits per heavy atom. The van der Waals surface area contributed by atoms with Crippen LogP contribution in [0.5, 0.6) is 5.75 Å². The predicted octanol–water partition coefficient (Wildman–Crippen LogP) is 3.23. The highest BCUT2D eigenvalue weighted by Gasteiger charge is 2.20. The van der Waals surface area contributed by atoms with Crippen molar-refractivity contribution in [2.45, 2.75) is 24.7 Å². The van der Waals surface area contributed by atoms with E-state index < -0.39 is 15.8 Å². The van der Waals surface area contributed by atoms with E-state index in [0.717, 1.165) is 5.56 Å². The van der Waals surface area contributed by atoms with E-state index >= 15 is 0 Å². The van der Waals surface area contributed by atoms with Gasteiger partial charge in [-0.3, -0.25) is 4.79 Å². The van der Waals surface area contributed by atoms with Crippen LogP contribution in [0.4, 0.5) is 5.69 Å². The minimum atomic E-state index is -3.41. The second kappa shape index (κ2) is 7.49. The van der Waals surface area contributed by atoms with Crippen LogP contribution in [0.25, 0.3) is 0 Å². The second-order valence-electron chi connectivity index (χ2n) is 5.38. The summed E-state index contributed by atoms with van der Waals surface area (Å²) in [4.78, 5) is 12.6. The van der Waals surface area contributed by atoms with Gasteiger partial charge in [0, 0.05) is 0 Å². The van der Waals surface area contributed by atoms with Gasteiger partial charge < -0.3 is 10.1 Å². The van der Waals surface area contributed by atoms with Crippen molar-refractivity contribution in [1.82, 2.24) is 0 Å². The Hall–Kier alpha value is -2.34. The van der Waals surface area contributed by atoms with Crippen LogP contribution in [0.15, 0.2) is 53.4 Å². The van der Waals surface area contributed by atoms with Gasteiger partial charge in [-0.2, -0.15) is 0 Å². The van der Waals surface area contributed by atoms with E-state index in [1.165, 1.54) is 6.07 Å². The van der Waals surface area contributed by atoms with E-state index in [2.05, 4.69) is 5.32 Å². The van der Waals surface area contributed by atoms with Gasteiger partial charge in [0.05, 0.1) is 29.4 Å². The quantitative estimate of drug-likeness (QED) is 0.871. The molecule has 0 aromatic heterocycles. The van der Waals surface area contributed by atoms with E-state index in [1.807, 2.05) is 12.1 Å². The molecular formula is C18H21NO4S. The summed E-state index contributed by atoms with van der Waals surface area (Å²) in [5, 5.41) is 2.73. The summed E-state index contributed by atoms with van der Waals surface area (Å²) in [6.45, 7) is 3.35. The first-order valence-electron chi connectivity index (χ1n) is 7.65. The number of sulfone groups is 1. The summed E-state index contributed by atoms with van der Waals surface area (Å²) in [6, 6.07) is 13.7. The van der Waals surface area contributed by atoms with Crippen LogP contribution >= 0.6 is 0 Å². The lowest BCUT2D eigenvalue weighted by molar-refractivity contribution is -0.117. The van der Waals surface area contributed by atoms with Crippen molar-refractivity contribution < 1.29 is 17.9 Å². The Kier molecular flexibility index (Phi) is 5.62. The van der Waals surface area contributed by atoms with Crippen LogP contribution in [0.2, 0.25) is 0 Å². The van der Waals surface area contributed by atoms with Crippen molar-refractivity contribution >= 4 is 21.4 Å². The SMILES string of the molecule is CCS(=O)(=O)c1ccccc1NC(=O)C(C)c1ccc(OC)cc1. The third kappa shape index (κ3) is 3.94. The van der Waals surface area contributed by atoms with Crippen LogP contribution in [0.1, 0.15) is 25.3 Å². The van der Waals surface area contributed by atoms with Crippen molar-refractivity contribution in [2.24, 2.45) is 0 Å². The highest BCUT2D eigenvalue weighted by atomic mass is 32.2. The number of methoxy groups -OCH3 is 1. The summed E-state index contributed by atoms with van der Waals surface area (Å²) in [6.07, 6.45) is 0. The molecule has 0 aliphatic carbocycles. The molecule has 0 saturated heterocycles. The number of rotatable bonds is 6. The maximum Gasteiger partial charge on any atom is 0.231 e. The number of hydrogen-bond acceptors (Lipinski definition) is 4. The number of carbonyl (C=O) groups excluding carboxylic acids is 1. The maximum atomic E-state index is 12.5. The first-order chi connectivity index (χ1) is 11.4. The third-order valence-electron chi connectivity index (χ3n) is 3.87. The lowest BCUT2D eigenvalue weighted by Gasteiger charge is -2.15. The topological polar surface area (TPSA) is 72.5 Å². The Morgan fingerprint density at radius 2 is 1.75 bits per heavy atom. The van der Waals surface area contributed by atoms with Gasteiger partial charge in [0.15, 0.2) is 9.84 Å². The molecule has 1 N–H and O–H groups in total. The van der Waals surface area contributed by atoms with Crippen LogP contribution in [-0.2, 0) is 14.6 Å². The van der Waals surface area contributed by atoms with E-state index in [-0.39, 0.29) is 16.6 Å². The van der Waals surface area contributed by atoms with Gasteiger partial charge in [-0.25, -0.2) is 8.42 Å². The number of benzene rings is 2. The van der Waals surface area contributed by atoms with Crippen molar-refractivity contribution in [3.8, 4) is 5.75 Å². The molecule has 0 spiro atoms. The second-order valence-corrected chi connectivity index (χ2v) is 7.63. The number of nitrogens with one attached hydrogen (secondary N) is 1. The normalized spacial score (nSPS) is 12.5. The molecular weight excluding hydrogens is 326 g/mol. The molecule has 2 aromatic carbocycles. The summed E-state index contributed by atoms with van der Waals surface area (Å²) >= 11 is 0. The first-order valence-corrected chi connectivity index (χ1v) is 9.31. The molecule has 1 amide bonds. The van der Waals surface area contributed by atoms with Crippen molar-refractivity contribution in [1.29, 1.82) is 0 Å². The summed E-state index contributed by atoms with van der Waals surface area (Å²) in [5.74, 6) is 0.00596. The molecule has 0 aliphatic heterocycles. The zero-order valence-corrected chi connectivity index (χ0v) is 14.8. The number of amides is 1. The van der Waals surface area contributed by atoms with Crippen LogP contribution in [-0.4, -0.2) is 27.2 Å². The molecule has 0 radical (unpaired) electrons. The van der Waals surface area contributed by atoms with E-state index in [9.17, 15) is 13.2 Å². The average molecular weight is 347 g/mol. The number of ether oxygens (including phenoxy) is 1. The fraction of sp³-hybridized carbons (Fsp3) is 0.278. The third-order valence-corrected chi connectivity index (χ3v) is 5.66. The minimum Gasteiger partial charge on any atom is -0.497 e. The van der Waals surface area contributed by atoms with Crippen molar-refractivity contribution in [3.05, 3.63) is 54.1 Å². The molecule has 1 atom stereocenters. The lowest BCUT2D eigenvalue weighted by Crippen LogP contribution is -2.20. The van der Waals surface area contributed by atoms with Gasteiger partial charge >= 0.3 is 0 Å². The van der Waals surface area contributed by atoms with Crippen LogP contribution < -0.4 is 10.1 Å². The fourth-order valence-corrected chi connectivity index (χ4v) is 3.33. The lowest BCUT2D eigenvalue weighted by atomic mass is 10.00. The molecule has 1 unspecified atom stereocenters. The summed E-state index contributed by atoms with van der Waals surface area (Å²) < 4.78 is 29.4. The molecule has 5 nitrogen and oxygen atoms in total. The number of carbonyl (C=O) groups is 1. The van der Waals surface area contributed by atoms with E-state index in [4.69, 9.17) is 4.74 Å². The maximum absolute atomic E-state index is 12.5. The zero-order valence-electron chi connectivity index (χ0n) is 13.9. The molecule has 0 bridgehead atoms. The highest BCUT2D eigenvalue weighted by Crippen LogP contribution is 2.25. The van der Waals surface area contributed by atoms with E-state index in [1.54, 1.807) is 51.3 Å². The zero-order chi connectivity index (χ0) is 17.7. The molecule has 0 fully saturated rings. The number of anilines is 1. The molecule has 0 aliphatic rings. The van der Waals surface area contributed by atoms with Gasteiger partial charge in [-0.1, -0.05) is 31.2 Å². The van der Waals surface area contributed by atoms with Crippen LogP contribution in [0, 0.1) is 0 Å². The van der Waals surface area contributed by atoms with Gasteiger partial charge in [0.1, 0.15) is 5.75 Å². The predicted molar refractivity (Wildman–Crippen MR) is 94.2 cm³/mol. The van der Waals surface area contributed by atoms with Crippen molar-refractivity contribution in [2.75, 3.05) is 18.2 Å². The van der Waals surface area contributed by atoms with Crippen molar-refractivity contribution in [3.63, 3.8) is 0 Å². The fourth-order valence-electron chi connectivity index (χ4n) is 2.28. The van der Waals surface area contributed by atoms with Gasteiger partial charge in [-0.05, 0) is 36.8 Å². The first kappa shape index (κ1) is 18.0. The molecule has 2 rings (SSSR count). The number of para-hydroxylation sites is 1. The molecule has 24 heavy (non-hydrogen) atoms. The molecule has 6 heteroatoms. The Morgan fingerprint density at radius 3 is 2.33 bits per heavy atom. The Labute approximate surface area is 142 Å². The minimum absolute atomic E-state index is 0.0199. The van der Waals surface area contributed by atoms with Crippen LogP contribution in [0.3, 0.4) is 0 Å². The van der Waals surface area contributed by atoms with Gasteiger partial charge in [-0.15, -0.1) is 0 Å². The molecule has 0 saturated carbocycles. The van der Waals surface area contributed by atoms with E-state index in [0.29, 0.717) is 11.4 Å². The highest BCUT2D eigenvalue weighted by molar-refractivity contribution is 7.91. The number of hydrogen-bond donors (Lipinski definition) is 1. The monoisotopic (exact) mass is 347 g/mol.